The number of nitrogens with one attached hydrogen (secondary N) is 1. The van der Waals surface area contributed by atoms with Gasteiger partial charge in [-0.2, -0.15) is 0 Å². The van der Waals surface area contributed by atoms with Crippen LogP contribution < -0.4 is 5.32 Å². The van der Waals surface area contributed by atoms with E-state index in [1.54, 1.807) is 28.9 Å². The number of carbonyl (C=O) groups excluding carboxylic acids is 1. The average Bonchev–Trinajstić information content (AvgIpc) is 3.05. The van der Waals surface area contributed by atoms with E-state index in [0.29, 0.717) is 17.0 Å². The Kier molecular flexibility index (Phi) is 5.09. The minimum absolute atomic E-state index is 0.189. The predicted octanol–water partition coefficient (Wildman–Crippen LogP) is 4.62. The number of aromatic nitrogens is 3. The summed E-state index contributed by atoms with van der Waals surface area (Å²) >= 11 is 5.91. The van der Waals surface area contributed by atoms with Gasteiger partial charge in [0.15, 0.2) is 0 Å². The third kappa shape index (κ3) is 3.94. The van der Waals surface area contributed by atoms with Crippen molar-refractivity contribution in [2.24, 2.45) is 5.41 Å². The fourth-order valence-corrected chi connectivity index (χ4v) is 2.86. The quantitative estimate of drug-likeness (QED) is 0.646. The van der Waals surface area contributed by atoms with Gasteiger partial charge in [0.2, 0.25) is 0 Å². The first-order valence-corrected chi connectivity index (χ1v) is 8.77. The molecule has 0 saturated carbocycles. The lowest BCUT2D eigenvalue weighted by molar-refractivity contribution is 0.0901. The summed E-state index contributed by atoms with van der Waals surface area (Å²) in [6, 6.07) is 14.5. The van der Waals surface area contributed by atoms with Crippen molar-refractivity contribution in [3.8, 4) is 0 Å². The third-order valence-corrected chi connectivity index (χ3v) is 4.60. The van der Waals surface area contributed by atoms with E-state index in [2.05, 4.69) is 36.1 Å². The Morgan fingerprint density at radius 3 is 2.65 bits per heavy atom. The van der Waals surface area contributed by atoms with Crippen LogP contribution in [-0.2, 0) is 0 Å². The van der Waals surface area contributed by atoms with Crippen molar-refractivity contribution in [3.05, 3.63) is 71.8 Å². The second-order valence-electron chi connectivity index (χ2n) is 6.92. The molecule has 0 aliphatic rings. The molecule has 134 valence electrons. The monoisotopic (exact) mass is 368 g/mol. The van der Waals surface area contributed by atoms with Gasteiger partial charge in [-0.15, -0.1) is 11.7 Å². The van der Waals surface area contributed by atoms with E-state index in [1.807, 2.05) is 30.3 Å². The number of carbonyl (C=O) groups is 1. The zero-order valence-corrected chi connectivity index (χ0v) is 15.6. The number of nitrogens with zero attached hydrogens (tertiary/aromatic N) is 3. The molecule has 5 nitrogen and oxygen atoms in total. The van der Waals surface area contributed by atoms with E-state index in [4.69, 9.17) is 11.6 Å². The number of allylic oxidation sites excluding steroid dienone is 1. The fourth-order valence-electron chi connectivity index (χ4n) is 2.73. The first-order chi connectivity index (χ1) is 12.4. The predicted molar refractivity (Wildman–Crippen MR) is 104 cm³/mol. The first kappa shape index (κ1) is 18.1. The fraction of sp³-hybridized carbons (Fsp3) is 0.250. The molecule has 0 fully saturated rings. The molecule has 1 aromatic heterocycles. The summed E-state index contributed by atoms with van der Waals surface area (Å²) in [5.41, 5.74) is 2.01. The van der Waals surface area contributed by atoms with Crippen LogP contribution in [0.1, 0.15) is 36.8 Å². The van der Waals surface area contributed by atoms with Gasteiger partial charge >= 0.3 is 0 Å². The van der Waals surface area contributed by atoms with Crippen molar-refractivity contribution < 1.29 is 4.79 Å². The summed E-state index contributed by atoms with van der Waals surface area (Å²) in [5, 5.41) is 12.1. The molecule has 3 rings (SSSR count). The summed E-state index contributed by atoms with van der Waals surface area (Å²) in [4.78, 5) is 12.7. The lowest BCUT2D eigenvalue weighted by Crippen LogP contribution is -2.35. The number of para-hydroxylation sites is 1. The molecule has 1 N–H and O–H groups in total. The van der Waals surface area contributed by atoms with Crippen LogP contribution in [0.4, 0.5) is 0 Å². The van der Waals surface area contributed by atoms with Crippen molar-refractivity contribution in [3.63, 3.8) is 0 Å². The van der Waals surface area contributed by atoms with Gasteiger partial charge in [0.25, 0.3) is 5.91 Å². The summed E-state index contributed by atoms with van der Waals surface area (Å²) in [6.07, 6.45) is 2.15. The summed E-state index contributed by atoms with van der Waals surface area (Å²) in [6.45, 7) is 8.04. The molecule has 2 aromatic carbocycles. The first-order valence-electron chi connectivity index (χ1n) is 8.39. The van der Waals surface area contributed by atoms with Crippen LogP contribution in [0.15, 0.2) is 61.2 Å². The number of amides is 1. The minimum Gasteiger partial charge on any atom is -0.330 e. The Morgan fingerprint density at radius 2 is 1.96 bits per heavy atom. The molecule has 0 spiro atoms. The summed E-state index contributed by atoms with van der Waals surface area (Å²) < 4.78 is 1.76. The van der Waals surface area contributed by atoms with Gasteiger partial charge in [0.05, 0.1) is 5.52 Å². The maximum Gasteiger partial charge on any atom is 0.252 e. The lowest BCUT2D eigenvalue weighted by Gasteiger charge is -2.28. The molecule has 26 heavy (non-hydrogen) atoms. The average molecular weight is 369 g/mol. The maximum absolute atomic E-state index is 12.7. The van der Waals surface area contributed by atoms with E-state index in [9.17, 15) is 4.79 Å². The highest BCUT2D eigenvalue weighted by molar-refractivity contribution is 6.30. The number of rotatable bonds is 6. The number of hydrogen-bond donors (Lipinski definition) is 1. The van der Waals surface area contributed by atoms with Crippen LogP contribution in [0.5, 0.6) is 0 Å². The standard InChI is InChI=1S/C20H21ClN4O/c1-4-20(2,3)13-18(22-19(26)14-9-11-15(21)12-10-14)25-17-8-6-5-7-16(17)23-24-25/h4-12,18H,1,13H2,2-3H3,(H,22,26). The molecule has 0 saturated heterocycles. The molecule has 1 heterocycles. The Bertz CT molecular complexity index is 930. The van der Waals surface area contributed by atoms with Crippen molar-refractivity contribution in [1.82, 2.24) is 20.3 Å². The summed E-state index contributed by atoms with van der Waals surface area (Å²) in [5.74, 6) is -0.189. The molecule has 1 amide bonds. The lowest BCUT2D eigenvalue weighted by atomic mass is 9.88. The van der Waals surface area contributed by atoms with Crippen LogP contribution in [0, 0.1) is 5.41 Å². The van der Waals surface area contributed by atoms with Crippen LogP contribution in [0.2, 0.25) is 5.02 Å². The zero-order chi connectivity index (χ0) is 18.7. The third-order valence-electron chi connectivity index (χ3n) is 4.35. The van der Waals surface area contributed by atoms with Crippen LogP contribution >= 0.6 is 11.6 Å². The molecular formula is C20H21ClN4O. The van der Waals surface area contributed by atoms with Crippen molar-refractivity contribution in [2.75, 3.05) is 0 Å². The number of benzene rings is 2. The summed E-state index contributed by atoms with van der Waals surface area (Å²) in [7, 11) is 0. The highest BCUT2D eigenvalue weighted by Crippen LogP contribution is 2.29. The van der Waals surface area contributed by atoms with Gasteiger partial charge in [-0.05, 0) is 48.2 Å². The van der Waals surface area contributed by atoms with E-state index in [1.165, 1.54) is 0 Å². The second kappa shape index (κ2) is 7.30. The Labute approximate surface area is 157 Å². The van der Waals surface area contributed by atoms with E-state index < -0.39 is 0 Å². The minimum atomic E-state index is -0.362. The van der Waals surface area contributed by atoms with Gasteiger partial charge in [-0.3, -0.25) is 4.79 Å². The molecule has 0 aliphatic heterocycles. The molecule has 3 aromatic rings. The van der Waals surface area contributed by atoms with Gasteiger partial charge in [-0.1, -0.05) is 48.9 Å². The Balaban J connectivity index is 1.94. The smallest absolute Gasteiger partial charge is 0.252 e. The SMILES string of the molecule is C=CC(C)(C)CC(NC(=O)c1ccc(Cl)cc1)n1nnc2ccccc21. The van der Waals surface area contributed by atoms with Gasteiger partial charge in [0.1, 0.15) is 11.7 Å². The molecule has 6 heteroatoms. The molecule has 0 aliphatic carbocycles. The van der Waals surface area contributed by atoms with Crippen LogP contribution in [-0.4, -0.2) is 20.9 Å². The Morgan fingerprint density at radius 1 is 1.27 bits per heavy atom. The molecule has 1 unspecified atom stereocenters. The highest BCUT2D eigenvalue weighted by atomic mass is 35.5. The van der Waals surface area contributed by atoms with Crippen LogP contribution in [0.3, 0.4) is 0 Å². The van der Waals surface area contributed by atoms with Crippen molar-refractivity contribution in [2.45, 2.75) is 26.4 Å². The van der Waals surface area contributed by atoms with E-state index in [-0.39, 0.29) is 17.5 Å². The zero-order valence-electron chi connectivity index (χ0n) is 14.8. The highest BCUT2D eigenvalue weighted by Gasteiger charge is 2.25. The van der Waals surface area contributed by atoms with Gasteiger partial charge in [0, 0.05) is 10.6 Å². The largest absolute Gasteiger partial charge is 0.330 e. The van der Waals surface area contributed by atoms with E-state index >= 15 is 0 Å². The topological polar surface area (TPSA) is 59.8 Å². The molecule has 0 bridgehead atoms. The molecule has 0 radical (unpaired) electrons. The van der Waals surface area contributed by atoms with Crippen LogP contribution in [0.25, 0.3) is 11.0 Å². The van der Waals surface area contributed by atoms with E-state index in [0.717, 1.165) is 11.0 Å². The molecular weight excluding hydrogens is 348 g/mol. The number of halogens is 1. The van der Waals surface area contributed by atoms with Crippen molar-refractivity contribution in [1.29, 1.82) is 0 Å². The molecule has 1 atom stereocenters. The number of hydrogen-bond acceptors (Lipinski definition) is 3. The Hall–Kier alpha value is -2.66. The normalized spacial score (nSPS) is 12.7. The number of fused-ring (bicyclic) bond motifs is 1. The van der Waals surface area contributed by atoms with Crippen molar-refractivity contribution >= 4 is 28.5 Å². The second-order valence-corrected chi connectivity index (χ2v) is 7.35. The van der Waals surface area contributed by atoms with Gasteiger partial charge in [-0.25, -0.2) is 4.68 Å². The van der Waals surface area contributed by atoms with Gasteiger partial charge < -0.3 is 5.32 Å². The maximum atomic E-state index is 12.7.